The summed E-state index contributed by atoms with van der Waals surface area (Å²) in [5.41, 5.74) is 15.8. The highest BCUT2D eigenvalue weighted by Crippen LogP contribution is 2.56. The predicted octanol–water partition coefficient (Wildman–Crippen LogP) is 11.3. The molecule has 2 aliphatic heterocycles. The smallest absolute Gasteiger partial charge is 0.0518 e. The highest BCUT2D eigenvalue weighted by atomic mass is 15.2. The molecule has 0 atom stereocenters. The van der Waals surface area contributed by atoms with Crippen molar-refractivity contribution in [2.45, 2.75) is 45.4 Å². The SMILES string of the molecule is Cc1c(N2c3ccccc3C(C)(C)c3ccccc32)cc(-c2ccncc2)cc1N1c2ccccc2C(C)(C)c2ccccc21. The topological polar surface area (TPSA) is 19.4 Å². The number of anilines is 6. The van der Waals surface area contributed by atoms with Gasteiger partial charge >= 0.3 is 0 Å². The van der Waals surface area contributed by atoms with Crippen LogP contribution in [0.3, 0.4) is 0 Å². The Morgan fingerprint density at radius 1 is 0.422 bits per heavy atom. The van der Waals surface area contributed by atoms with Crippen molar-refractivity contribution in [1.29, 1.82) is 0 Å². The van der Waals surface area contributed by atoms with Gasteiger partial charge in [-0.3, -0.25) is 4.98 Å². The summed E-state index contributed by atoms with van der Waals surface area (Å²) in [7, 11) is 0. The molecule has 8 rings (SSSR count). The van der Waals surface area contributed by atoms with E-state index in [2.05, 4.69) is 171 Å². The van der Waals surface area contributed by atoms with Crippen LogP contribution in [0.5, 0.6) is 0 Å². The standard InChI is InChI=1S/C42H37N3/c1-28-39(44-35-18-10-6-14-31(35)41(2,3)32-15-7-11-19-36(32)44)26-30(29-22-24-43-25-23-29)27-40(28)45-37-20-12-8-16-33(37)42(4,5)34-17-9-13-21-38(34)45/h6-27H,1-5H3. The molecule has 1 aromatic heterocycles. The number of fused-ring (bicyclic) bond motifs is 4. The number of para-hydroxylation sites is 4. The second-order valence-corrected chi connectivity index (χ2v) is 13.4. The molecule has 0 radical (unpaired) electrons. The summed E-state index contributed by atoms with van der Waals surface area (Å²) in [6.07, 6.45) is 3.77. The summed E-state index contributed by atoms with van der Waals surface area (Å²) in [5.74, 6) is 0. The fourth-order valence-electron chi connectivity index (χ4n) is 7.72. The quantitative estimate of drug-likeness (QED) is 0.207. The van der Waals surface area contributed by atoms with Gasteiger partial charge in [0.15, 0.2) is 0 Å². The Balaban J connectivity index is 1.46. The summed E-state index contributed by atoms with van der Waals surface area (Å²) in [6.45, 7) is 11.7. The van der Waals surface area contributed by atoms with E-state index in [1.165, 1.54) is 61.9 Å². The van der Waals surface area contributed by atoms with Crippen molar-refractivity contribution < 1.29 is 0 Å². The van der Waals surface area contributed by atoms with E-state index in [9.17, 15) is 0 Å². The van der Waals surface area contributed by atoms with Crippen molar-refractivity contribution in [2.75, 3.05) is 9.80 Å². The first-order chi connectivity index (χ1) is 21.8. The van der Waals surface area contributed by atoms with E-state index >= 15 is 0 Å². The molecule has 3 heterocycles. The number of nitrogens with zero attached hydrogens (tertiary/aromatic N) is 3. The molecule has 0 saturated carbocycles. The van der Waals surface area contributed by atoms with E-state index in [1.807, 2.05) is 12.4 Å². The molecule has 6 aromatic rings. The maximum absolute atomic E-state index is 4.34. The number of benzene rings is 5. The van der Waals surface area contributed by atoms with Gasteiger partial charge < -0.3 is 9.80 Å². The maximum atomic E-state index is 4.34. The third-order valence-electron chi connectivity index (χ3n) is 10.1. The molecule has 0 bridgehead atoms. The Hall–Kier alpha value is -5.15. The number of pyridine rings is 1. The first-order valence-corrected chi connectivity index (χ1v) is 15.8. The normalized spacial score (nSPS) is 15.5. The van der Waals surface area contributed by atoms with Crippen LogP contribution >= 0.6 is 0 Å². The number of rotatable bonds is 3. The van der Waals surface area contributed by atoms with Crippen LogP contribution in [-0.2, 0) is 10.8 Å². The zero-order valence-corrected chi connectivity index (χ0v) is 26.5. The van der Waals surface area contributed by atoms with Gasteiger partial charge in [-0.1, -0.05) is 100 Å². The molecule has 3 nitrogen and oxygen atoms in total. The van der Waals surface area contributed by atoms with E-state index in [1.54, 1.807) is 0 Å². The maximum Gasteiger partial charge on any atom is 0.0518 e. The molecule has 2 aliphatic rings. The summed E-state index contributed by atoms with van der Waals surface area (Å²) in [5, 5.41) is 0. The van der Waals surface area contributed by atoms with Crippen molar-refractivity contribution in [3.8, 4) is 11.1 Å². The van der Waals surface area contributed by atoms with E-state index in [-0.39, 0.29) is 10.8 Å². The monoisotopic (exact) mass is 583 g/mol. The Morgan fingerprint density at radius 2 is 0.756 bits per heavy atom. The lowest BCUT2D eigenvalue weighted by atomic mass is 9.73. The van der Waals surface area contributed by atoms with E-state index in [0.717, 1.165) is 11.1 Å². The summed E-state index contributed by atoms with van der Waals surface area (Å²) < 4.78 is 0. The minimum Gasteiger partial charge on any atom is -0.310 e. The van der Waals surface area contributed by atoms with Gasteiger partial charge in [0.25, 0.3) is 0 Å². The average molecular weight is 584 g/mol. The second-order valence-electron chi connectivity index (χ2n) is 13.4. The molecule has 0 fully saturated rings. The van der Waals surface area contributed by atoms with Crippen molar-refractivity contribution in [1.82, 2.24) is 4.98 Å². The fraction of sp³-hybridized carbons (Fsp3) is 0.167. The van der Waals surface area contributed by atoms with Crippen LogP contribution in [0.25, 0.3) is 11.1 Å². The Morgan fingerprint density at radius 3 is 1.11 bits per heavy atom. The Labute approximate surface area is 266 Å². The number of hydrogen-bond donors (Lipinski definition) is 0. The van der Waals surface area contributed by atoms with Crippen LogP contribution in [-0.4, -0.2) is 4.98 Å². The van der Waals surface area contributed by atoms with Gasteiger partial charge in [-0.25, -0.2) is 0 Å². The molecule has 0 spiro atoms. The van der Waals surface area contributed by atoms with Gasteiger partial charge in [0.2, 0.25) is 0 Å². The first kappa shape index (κ1) is 27.4. The van der Waals surface area contributed by atoms with Gasteiger partial charge in [0.05, 0.1) is 34.1 Å². The van der Waals surface area contributed by atoms with Crippen molar-refractivity contribution in [3.05, 3.63) is 162 Å². The second kappa shape index (κ2) is 9.93. The van der Waals surface area contributed by atoms with Gasteiger partial charge in [-0.2, -0.15) is 0 Å². The molecule has 0 aliphatic carbocycles. The molecule has 0 unspecified atom stereocenters. The molecule has 0 N–H and O–H groups in total. The van der Waals surface area contributed by atoms with Crippen molar-refractivity contribution >= 4 is 34.1 Å². The summed E-state index contributed by atoms with van der Waals surface area (Å²) in [4.78, 5) is 9.33. The number of hydrogen-bond acceptors (Lipinski definition) is 3. The van der Waals surface area contributed by atoms with E-state index in [4.69, 9.17) is 0 Å². The molecule has 220 valence electrons. The van der Waals surface area contributed by atoms with Crippen LogP contribution < -0.4 is 9.80 Å². The van der Waals surface area contributed by atoms with Crippen LogP contribution in [0.1, 0.15) is 55.5 Å². The molecular weight excluding hydrogens is 546 g/mol. The highest BCUT2D eigenvalue weighted by molar-refractivity contribution is 5.95. The largest absolute Gasteiger partial charge is 0.310 e. The molecule has 3 heteroatoms. The van der Waals surface area contributed by atoms with Gasteiger partial charge in [0.1, 0.15) is 0 Å². The Kier molecular flexibility index (Phi) is 6.05. The summed E-state index contributed by atoms with van der Waals surface area (Å²) in [6, 6.07) is 44.6. The zero-order chi connectivity index (χ0) is 30.9. The lowest BCUT2D eigenvalue weighted by Gasteiger charge is -2.44. The third kappa shape index (κ3) is 4.00. The predicted molar refractivity (Wildman–Crippen MR) is 188 cm³/mol. The van der Waals surface area contributed by atoms with Crippen LogP contribution in [0.2, 0.25) is 0 Å². The van der Waals surface area contributed by atoms with Crippen LogP contribution in [0.15, 0.2) is 134 Å². The van der Waals surface area contributed by atoms with E-state index < -0.39 is 0 Å². The lowest BCUT2D eigenvalue weighted by molar-refractivity contribution is 0.631. The van der Waals surface area contributed by atoms with Crippen LogP contribution in [0, 0.1) is 6.92 Å². The van der Waals surface area contributed by atoms with Crippen molar-refractivity contribution in [2.24, 2.45) is 0 Å². The zero-order valence-electron chi connectivity index (χ0n) is 26.5. The fourth-order valence-corrected chi connectivity index (χ4v) is 7.72. The molecule has 0 amide bonds. The van der Waals surface area contributed by atoms with Gasteiger partial charge in [-0.05, 0) is 94.4 Å². The lowest BCUT2D eigenvalue weighted by Crippen LogP contribution is -2.32. The third-order valence-corrected chi connectivity index (χ3v) is 10.1. The highest BCUT2D eigenvalue weighted by Gasteiger charge is 2.39. The minimum atomic E-state index is -0.126. The molecule has 5 aromatic carbocycles. The summed E-state index contributed by atoms with van der Waals surface area (Å²) >= 11 is 0. The van der Waals surface area contributed by atoms with E-state index in [0.29, 0.717) is 0 Å². The molecule has 45 heavy (non-hydrogen) atoms. The van der Waals surface area contributed by atoms with Gasteiger partial charge in [-0.15, -0.1) is 0 Å². The first-order valence-electron chi connectivity index (χ1n) is 15.8. The molecule has 0 saturated heterocycles. The minimum absolute atomic E-state index is 0.126. The average Bonchev–Trinajstić information content (AvgIpc) is 3.07. The van der Waals surface area contributed by atoms with Crippen LogP contribution in [0.4, 0.5) is 34.1 Å². The Bertz CT molecular complexity index is 1860. The van der Waals surface area contributed by atoms with Gasteiger partial charge in [0, 0.05) is 23.2 Å². The molecular formula is C42H37N3. The van der Waals surface area contributed by atoms with Crippen molar-refractivity contribution in [3.63, 3.8) is 0 Å². The number of aromatic nitrogens is 1.